The summed E-state index contributed by atoms with van der Waals surface area (Å²) < 4.78 is 19.4. The fourth-order valence-corrected chi connectivity index (χ4v) is 5.26. The van der Waals surface area contributed by atoms with Gasteiger partial charge >= 0.3 is 5.97 Å². The number of esters is 1. The maximum atomic E-state index is 12.8. The van der Waals surface area contributed by atoms with Crippen molar-refractivity contribution in [2.24, 2.45) is 5.92 Å². The molecule has 7 nitrogen and oxygen atoms in total. The van der Waals surface area contributed by atoms with Gasteiger partial charge in [-0.2, -0.15) is 0 Å². The van der Waals surface area contributed by atoms with Crippen LogP contribution in [-0.4, -0.2) is 42.1 Å². The topological polar surface area (TPSA) is 78.8 Å². The smallest absolute Gasteiger partial charge is 0.340 e. The van der Waals surface area contributed by atoms with Gasteiger partial charge in [0.05, 0.1) is 30.9 Å². The van der Waals surface area contributed by atoms with Gasteiger partial charge in [-0.25, -0.2) is 4.79 Å². The molecule has 1 aliphatic carbocycles. The standard InChI is InChI=1S/C24H32N2O5/c1-5-29-23(28)22-16(3)26(21-14-19(25-17(4)27)6-7-20(21)22)15(2)18-8-10-24(11-9-18)30-12-13-31-24/h6-7,14-15,18H,5,8-13H2,1-4H3,(H,25,27)/t15-/m1/s1. The zero-order chi connectivity index (χ0) is 22.2. The molecule has 168 valence electrons. The quantitative estimate of drug-likeness (QED) is 0.706. The molecule has 4 rings (SSSR count). The molecule has 0 radical (unpaired) electrons. The first-order valence-corrected chi connectivity index (χ1v) is 11.2. The molecule has 1 saturated heterocycles. The van der Waals surface area contributed by atoms with E-state index in [1.807, 2.05) is 32.0 Å². The van der Waals surface area contributed by atoms with E-state index in [0.717, 1.165) is 48.0 Å². The van der Waals surface area contributed by atoms with Crippen molar-refractivity contribution >= 4 is 28.5 Å². The fraction of sp³-hybridized carbons (Fsp3) is 0.583. The van der Waals surface area contributed by atoms with Crippen molar-refractivity contribution in [1.82, 2.24) is 4.57 Å². The van der Waals surface area contributed by atoms with Gasteiger partial charge in [0.2, 0.25) is 5.91 Å². The zero-order valence-corrected chi connectivity index (χ0v) is 18.8. The van der Waals surface area contributed by atoms with E-state index in [1.54, 1.807) is 0 Å². The summed E-state index contributed by atoms with van der Waals surface area (Å²) in [6.07, 6.45) is 3.78. The SMILES string of the molecule is CCOC(=O)c1c(C)n([C@H](C)C2CCC3(CC2)OCCO3)c2cc(NC(C)=O)ccc12. The number of nitrogens with zero attached hydrogens (tertiary/aromatic N) is 1. The molecule has 2 heterocycles. The van der Waals surface area contributed by atoms with Crippen LogP contribution in [0.15, 0.2) is 18.2 Å². The lowest BCUT2D eigenvalue weighted by molar-refractivity contribution is -0.184. The highest BCUT2D eigenvalue weighted by molar-refractivity contribution is 6.07. The van der Waals surface area contributed by atoms with Gasteiger partial charge in [0, 0.05) is 42.6 Å². The molecule has 1 spiro atoms. The average Bonchev–Trinajstić information content (AvgIpc) is 3.29. The number of anilines is 1. The van der Waals surface area contributed by atoms with Crippen LogP contribution in [0.5, 0.6) is 0 Å². The number of benzene rings is 1. The summed E-state index contributed by atoms with van der Waals surface area (Å²) in [6.45, 7) is 9.18. The van der Waals surface area contributed by atoms with Crippen LogP contribution in [-0.2, 0) is 19.0 Å². The Kier molecular flexibility index (Phi) is 6.08. The molecule has 1 aromatic carbocycles. The molecule has 7 heteroatoms. The van der Waals surface area contributed by atoms with E-state index >= 15 is 0 Å². The molecule has 1 aromatic heterocycles. The van der Waals surface area contributed by atoms with Crippen molar-refractivity contribution in [2.75, 3.05) is 25.1 Å². The maximum Gasteiger partial charge on any atom is 0.340 e. The number of carbonyl (C=O) groups is 2. The van der Waals surface area contributed by atoms with Crippen LogP contribution in [0.1, 0.15) is 68.5 Å². The second-order valence-electron chi connectivity index (χ2n) is 8.65. The van der Waals surface area contributed by atoms with E-state index in [-0.39, 0.29) is 17.9 Å². The van der Waals surface area contributed by atoms with Gasteiger partial charge in [-0.15, -0.1) is 0 Å². The van der Waals surface area contributed by atoms with Crippen LogP contribution in [0.2, 0.25) is 0 Å². The number of aromatic nitrogens is 1. The molecule has 1 atom stereocenters. The van der Waals surface area contributed by atoms with Crippen molar-refractivity contribution in [3.8, 4) is 0 Å². The van der Waals surface area contributed by atoms with Crippen LogP contribution >= 0.6 is 0 Å². The number of fused-ring (bicyclic) bond motifs is 1. The number of hydrogen-bond acceptors (Lipinski definition) is 5. The molecule has 1 N–H and O–H groups in total. The Morgan fingerprint density at radius 2 is 1.94 bits per heavy atom. The molecule has 1 amide bonds. The minimum absolute atomic E-state index is 0.123. The Morgan fingerprint density at radius 3 is 2.55 bits per heavy atom. The molecule has 0 unspecified atom stereocenters. The van der Waals surface area contributed by atoms with Gasteiger partial charge in [0.25, 0.3) is 0 Å². The summed E-state index contributed by atoms with van der Waals surface area (Å²) in [5.41, 5.74) is 3.16. The molecule has 31 heavy (non-hydrogen) atoms. The zero-order valence-electron chi connectivity index (χ0n) is 18.8. The van der Waals surface area contributed by atoms with E-state index < -0.39 is 5.79 Å². The molecule has 1 aliphatic heterocycles. The normalized spacial score (nSPS) is 19.6. The summed E-state index contributed by atoms with van der Waals surface area (Å²) >= 11 is 0. The molecule has 0 bridgehead atoms. The predicted molar refractivity (Wildman–Crippen MR) is 118 cm³/mol. The number of rotatable bonds is 5. The Morgan fingerprint density at radius 1 is 1.26 bits per heavy atom. The maximum absolute atomic E-state index is 12.8. The largest absolute Gasteiger partial charge is 0.462 e. The lowest BCUT2D eigenvalue weighted by atomic mass is 9.81. The Balaban J connectivity index is 1.71. The Bertz CT molecular complexity index is 980. The molecule has 2 aromatic rings. The second-order valence-corrected chi connectivity index (χ2v) is 8.65. The van der Waals surface area contributed by atoms with Crippen LogP contribution in [0.3, 0.4) is 0 Å². The Hall–Kier alpha value is -2.38. The van der Waals surface area contributed by atoms with Gasteiger partial charge in [-0.3, -0.25) is 4.79 Å². The number of amides is 1. The van der Waals surface area contributed by atoms with Crippen molar-refractivity contribution in [3.63, 3.8) is 0 Å². The number of carbonyl (C=O) groups excluding carboxylic acids is 2. The van der Waals surface area contributed by atoms with Crippen LogP contribution in [0.4, 0.5) is 5.69 Å². The summed E-state index contributed by atoms with van der Waals surface area (Å²) in [5.74, 6) is -0.383. The minimum Gasteiger partial charge on any atom is -0.462 e. The predicted octanol–water partition coefficient (Wildman–Crippen LogP) is 4.58. The third kappa shape index (κ3) is 4.08. The number of hydrogen-bond donors (Lipinski definition) is 1. The molecule has 1 saturated carbocycles. The van der Waals surface area contributed by atoms with E-state index in [1.165, 1.54) is 6.92 Å². The summed E-state index contributed by atoms with van der Waals surface area (Å²) in [6, 6.07) is 5.87. The second kappa shape index (κ2) is 8.63. The van der Waals surface area contributed by atoms with Gasteiger partial charge in [-0.05, 0) is 57.7 Å². The Labute approximate surface area is 183 Å². The average molecular weight is 429 g/mol. The van der Waals surface area contributed by atoms with E-state index in [4.69, 9.17) is 14.2 Å². The fourth-order valence-electron chi connectivity index (χ4n) is 5.26. The first-order chi connectivity index (χ1) is 14.8. The van der Waals surface area contributed by atoms with Crippen molar-refractivity contribution in [3.05, 3.63) is 29.5 Å². The number of nitrogens with one attached hydrogen (secondary N) is 1. The number of ether oxygens (including phenoxy) is 3. The third-order valence-electron chi connectivity index (χ3n) is 6.74. The van der Waals surface area contributed by atoms with Gasteiger partial charge in [0.15, 0.2) is 5.79 Å². The summed E-state index contributed by atoms with van der Waals surface area (Å²) in [4.78, 5) is 24.4. The first kappa shape index (κ1) is 21.8. The van der Waals surface area contributed by atoms with Crippen molar-refractivity contribution in [1.29, 1.82) is 0 Å². The van der Waals surface area contributed by atoms with E-state index in [9.17, 15) is 9.59 Å². The lowest BCUT2D eigenvalue weighted by Gasteiger charge is -2.38. The molecular formula is C24H32N2O5. The highest BCUT2D eigenvalue weighted by atomic mass is 16.7. The van der Waals surface area contributed by atoms with Gasteiger partial charge in [-0.1, -0.05) is 0 Å². The third-order valence-corrected chi connectivity index (χ3v) is 6.74. The first-order valence-electron chi connectivity index (χ1n) is 11.2. The highest BCUT2D eigenvalue weighted by Crippen LogP contribution is 2.44. The molecule has 2 fully saturated rings. The van der Waals surface area contributed by atoms with Crippen LogP contribution in [0.25, 0.3) is 10.9 Å². The van der Waals surface area contributed by atoms with Gasteiger partial charge < -0.3 is 24.1 Å². The highest BCUT2D eigenvalue weighted by Gasteiger charge is 2.42. The molecular weight excluding hydrogens is 396 g/mol. The van der Waals surface area contributed by atoms with Crippen molar-refractivity contribution in [2.45, 2.75) is 65.2 Å². The summed E-state index contributed by atoms with van der Waals surface area (Å²) in [5, 5.41) is 3.71. The summed E-state index contributed by atoms with van der Waals surface area (Å²) in [7, 11) is 0. The molecule has 2 aliphatic rings. The van der Waals surface area contributed by atoms with Crippen LogP contribution < -0.4 is 5.32 Å². The van der Waals surface area contributed by atoms with Gasteiger partial charge in [0.1, 0.15) is 0 Å². The van der Waals surface area contributed by atoms with Crippen molar-refractivity contribution < 1.29 is 23.8 Å². The van der Waals surface area contributed by atoms with E-state index in [0.29, 0.717) is 31.3 Å². The van der Waals surface area contributed by atoms with Crippen LogP contribution in [0, 0.1) is 12.8 Å². The monoisotopic (exact) mass is 428 g/mol. The lowest BCUT2D eigenvalue weighted by Crippen LogP contribution is -2.37. The minimum atomic E-state index is -0.390. The van der Waals surface area contributed by atoms with E-state index in [2.05, 4.69) is 16.8 Å².